The largest absolute Gasteiger partial charge is 0.384 e. The second kappa shape index (κ2) is 8.82. The van der Waals surface area contributed by atoms with E-state index in [-0.39, 0.29) is 11.2 Å². The number of anilines is 1. The number of amides is 1. The highest BCUT2D eigenvalue weighted by Gasteiger charge is 2.12. The summed E-state index contributed by atoms with van der Waals surface area (Å²) in [6.45, 7) is 7.42. The van der Waals surface area contributed by atoms with Gasteiger partial charge in [0, 0.05) is 41.1 Å². The Hall–Kier alpha value is -1.36. The molecule has 4 nitrogen and oxygen atoms in total. The second-order valence-corrected chi connectivity index (χ2v) is 7.13. The quantitative estimate of drug-likeness (QED) is 0.776. The lowest BCUT2D eigenvalue weighted by atomic mass is 10.1. The number of benzene rings is 1. The zero-order chi connectivity index (χ0) is 15.8. The van der Waals surface area contributed by atoms with Gasteiger partial charge in [-0.1, -0.05) is 19.9 Å². The summed E-state index contributed by atoms with van der Waals surface area (Å²) in [4.78, 5) is 12.3. The third kappa shape index (κ3) is 5.87. The molecule has 0 heterocycles. The van der Waals surface area contributed by atoms with Gasteiger partial charge >= 0.3 is 0 Å². The van der Waals surface area contributed by atoms with Crippen LogP contribution in [0.5, 0.6) is 0 Å². The monoisotopic (exact) mass is 310 g/mol. The van der Waals surface area contributed by atoms with Crippen LogP contribution in [0.3, 0.4) is 0 Å². The van der Waals surface area contributed by atoms with Crippen LogP contribution in [0.25, 0.3) is 0 Å². The summed E-state index contributed by atoms with van der Waals surface area (Å²) < 4.78 is 11.3. The van der Waals surface area contributed by atoms with Crippen LogP contribution in [-0.2, 0) is 10.8 Å². The number of aryl methyl sites for hydroxylation is 1. The first-order valence-corrected chi connectivity index (χ1v) is 9.02. The summed E-state index contributed by atoms with van der Waals surface area (Å²) >= 11 is 0. The van der Waals surface area contributed by atoms with Crippen LogP contribution in [0.2, 0.25) is 0 Å². The normalized spacial score (nSPS) is 13.5. The molecule has 0 radical (unpaired) electrons. The van der Waals surface area contributed by atoms with E-state index in [1.54, 1.807) is 6.26 Å². The first-order valence-electron chi connectivity index (χ1n) is 7.40. The van der Waals surface area contributed by atoms with Gasteiger partial charge in [-0.3, -0.25) is 9.00 Å². The average Bonchev–Trinajstić information content (AvgIpc) is 2.44. The number of carbonyl (C=O) groups is 1. The van der Waals surface area contributed by atoms with E-state index < -0.39 is 10.8 Å². The minimum atomic E-state index is -0.845. The predicted octanol–water partition coefficient (Wildman–Crippen LogP) is 2.70. The van der Waals surface area contributed by atoms with E-state index in [9.17, 15) is 9.00 Å². The molecule has 21 heavy (non-hydrogen) atoms. The molecule has 1 aromatic rings. The molecule has 0 bridgehead atoms. The number of carbonyl (C=O) groups excluding carboxylic acids is 1. The van der Waals surface area contributed by atoms with E-state index in [1.807, 2.05) is 32.0 Å². The van der Waals surface area contributed by atoms with Gasteiger partial charge in [0.05, 0.1) is 5.56 Å². The van der Waals surface area contributed by atoms with Crippen molar-refractivity contribution < 1.29 is 9.00 Å². The molecule has 0 saturated heterocycles. The SMILES string of the molecule is CCCNc1cc(C)ccc1C(=O)NCCC(C)S(C)=O. The van der Waals surface area contributed by atoms with E-state index >= 15 is 0 Å². The molecule has 2 N–H and O–H groups in total. The molecule has 1 amide bonds. The van der Waals surface area contributed by atoms with Gasteiger partial charge in [0.25, 0.3) is 5.91 Å². The molecule has 1 aromatic carbocycles. The van der Waals surface area contributed by atoms with E-state index in [2.05, 4.69) is 17.6 Å². The van der Waals surface area contributed by atoms with Crippen LogP contribution in [0.1, 0.15) is 42.6 Å². The standard InChI is InChI=1S/C16H26N2O2S/c1-5-9-17-15-11-12(2)6-7-14(15)16(19)18-10-8-13(3)21(4)20/h6-7,11,13,17H,5,8-10H2,1-4H3,(H,18,19). The minimum absolute atomic E-state index is 0.0808. The van der Waals surface area contributed by atoms with Gasteiger partial charge in [-0.05, 0) is 37.5 Å². The van der Waals surface area contributed by atoms with Gasteiger partial charge in [-0.15, -0.1) is 0 Å². The highest BCUT2D eigenvalue weighted by Crippen LogP contribution is 2.17. The van der Waals surface area contributed by atoms with Crippen molar-refractivity contribution >= 4 is 22.4 Å². The molecule has 5 heteroatoms. The Balaban J connectivity index is 2.66. The zero-order valence-corrected chi connectivity index (χ0v) is 14.2. The van der Waals surface area contributed by atoms with Crippen LogP contribution in [0.4, 0.5) is 5.69 Å². The van der Waals surface area contributed by atoms with Gasteiger partial charge in [0.2, 0.25) is 0 Å². The summed E-state index contributed by atoms with van der Waals surface area (Å²) in [5.41, 5.74) is 2.67. The van der Waals surface area contributed by atoms with Crippen molar-refractivity contribution in [3.63, 3.8) is 0 Å². The van der Waals surface area contributed by atoms with Crippen LogP contribution in [-0.4, -0.2) is 34.7 Å². The van der Waals surface area contributed by atoms with Crippen molar-refractivity contribution in [3.8, 4) is 0 Å². The molecule has 0 fully saturated rings. The molecule has 0 aliphatic rings. The Morgan fingerprint density at radius 2 is 2.05 bits per heavy atom. The highest BCUT2D eigenvalue weighted by atomic mass is 32.2. The second-order valence-electron chi connectivity index (χ2n) is 5.33. The lowest BCUT2D eigenvalue weighted by molar-refractivity contribution is 0.0954. The zero-order valence-electron chi connectivity index (χ0n) is 13.4. The van der Waals surface area contributed by atoms with E-state index in [0.29, 0.717) is 12.1 Å². The van der Waals surface area contributed by atoms with Crippen LogP contribution in [0.15, 0.2) is 18.2 Å². The fourth-order valence-corrected chi connectivity index (χ4v) is 2.36. The maximum absolute atomic E-state index is 12.3. The first-order chi connectivity index (χ1) is 9.95. The molecule has 0 spiro atoms. The topological polar surface area (TPSA) is 58.2 Å². The van der Waals surface area contributed by atoms with Crippen LogP contribution >= 0.6 is 0 Å². The Morgan fingerprint density at radius 1 is 1.33 bits per heavy atom. The number of hydrogen-bond donors (Lipinski definition) is 2. The molecule has 0 aliphatic carbocycles. The molecule has 118 valence electrons. The number of hydrogen-bond acceptors (Lipinski definition) is 3. The van der Waals surface area contributed by atoms with Gasteiger partial charge in [0.1, 0.15) is 0 Å². The summed E-state index contributed by atoms with van der Waals surface area (Å²) in [7, 11) is -0.845. The van der Waals surface area contributed by atoms with Crippen molar-refractivity contribution in [3.05, 3.63) is 29.3 Å². The first kappa shape index (κ1) is 17.7. The molecule has 0 aromatic heterocycles. The Bertz CT molecular complexity index is 503. The Morgan fingerprint density at radius 3 is 2.67 bits per heavy atom. The third-order valence-corrected chi connectivity index (χ3v) is 4.76. The average molecular weight is 310 g/mol. The van der Waals surface area contributed by atoms with Crippen LogP contribution < -0.4 is 10.6 Å². The van der Waals surface area contributed by atoms with Gasteiger partial charge in [-0.25, -0.2) is 0 Å². The van der Waals surface area contributed by atoms with Crippen molar-refractivity contribution in [1.82, 2.24) is 5.32 Å². The smallest absolute Gasteiger partial charge is 0.253 e. The van der Waals surface area contributed by atoms with Gasteiger partial charge in [-0.2, -0.15) is 0 Å². The van der Waals surface area contributed by atoms with Crippen LogP contribution in [0, 0.1) is 6.92 Å². The summed E-state index contributed by atoms with van der Waals surface area (Å²) in [5, 5.41) is 6.30. The molecule has 0 aliphatic heterocycles. The van der Waals surface area contributed by atoms with Gasteiger partial charge < -0.3 is 10.6 Å². The van der Waals surface area contributed by atoms with Crippen molar-refractivity contribution in [2.24, 2.45) is 0 Å². The maximum atomic E-state index is 12.3. The molecular formula is C16H26N2O2S. The van der Waals surface area contributed by atoms with Gasteiger partial charge in [0.15, 0.2) is 0 Å². The number of rotatable bonds is 8. The minimum Gasteiger partial charge on any atom is -0.384 e. The molecular weight excluding hydrogens is 284 g/mol. The molecule has 2 unspecified atom stereocenters. The Kier molecular flexibility index (Phi) is 7.43. The third-order valence-electron chi connectivity index (χ3n) is 3.39. The lowest BCUT2D eigenvalue weighted by Gasteiger charge is -2.13. The summed E-state index contributed by atoms with van der Waals surface area (Å²) in [6.07, 6.45) is 3.42. The van der Waals surface area contributed by atoms with Crippen molar-refractivity contribution in [2.75, 3.05) is 24.7 Å². The van der Waals surface area contributed by atoms with Crippen molar-refractivity contribution in [1.29, 1.82) is 0 Å². The summed E-state index contributed by atoms with van der Waals surface area (Å²) in [5.74, 6) is -0.0808. The maximum Gasteiger partial charge on any atom is 0.253 e. The fourth-order valence-electron chi connectivity index (χ4n) is 1.91. The Labute approximate surface area is 130 Å². The van der Waals surface area contributed by atoms with Crippen molar-refractivity contribution in [2.45, 2.75) is 38.9 Å². The molecule has 2 atom stereocenters. The van der Waals surface area contributed by atoms with E-state index in [0.717, 1.165) is 30.6 Å². The summed E-state index contributed by atoms with van der Waals surface area (Å²) in [6, 6.07) is 5.79. The molecule has 1 rings (SSSR count). The predicted molar refractivity (Wildman–Crippen MR) is 90.4 cm³/mol. The molecule has 0 saturated carbocycles. The van der Waals surface area contributed by atoms with E-state index in [1.165, 1.54) is 0 Å². The number of nitrogens with one attached hydrogen (secondary N) is 2. The lowest BCUT2D eigenvalue weighted by Crippen LogP contribution is -2.28. The highest BCUT2D eigenvalue weighted by molar-refractivity contribution is 7.84. The fraction of sp³-hybridized carbons (Fsp3) is 0.562. The van der Waals surface area contributed by atoms with E-state index in [4.69, 9.17) is 0 Å².